The first-order valence-electron chi connectivity index (χ1n) is 5.28. The zero-order chi connectivity index (χ0) is 12.0. The monoisotopic (exact) mass is 226 g/mol. The number of hydrogen-bond donors (Lipinski definition) is 0. The Bertz CT molecular complexity index is 614. The van der Waals surface area contributed by atoms with E-state index in [1.807, 2.05) is 35.2 Å². The van der Waals surface area contributed by atoms with Crippen LogP contribution in [0.15, 0.2) is 42.7 Å². The lowest BCUT2D eigenvalue weighted by molar-refractivity contribution is 0.0693. The van der Waals surface area contributed by atoms with Crippen molar-refractivity contribution in [3.63, 3.8) is 0 Å². The molecule has 4 heteroatoms. The molecule has 2 heterocycles. The van der Waals surface area contributed by atoms with E-state index in [4.69, 9.17) is 0 Å². The topological polar surface area (TPSA) is 42.3 Å². The Morgan fingerprint density at radius 1 is 0.941 bits per heavy atom. The van der Waals surface area contributed by atoms with Crippen LogP contribution >= 0.6 is 0 Å². The van der Waals surface area contributed by atoms with Crippen LogP contribution in [-0.2, 0) is 0 Å². The molecule has 84 valence electrons. The number of nitrogens with zero attached hydrogens (tertiary/aromatic N) is 2. The van der Waals surface area contributed by atoms with E-state index in [0.29, 0.717) is 11.1 Å². The van der Waals surface area contributed by atoms with E-state index < -0.39 is 0 Å². The molecule has 0 saturated carbocycles. The third-order valence-corrected chi connectivity index (χ3v) is 2.98. The molecule has 0 saturated heterocycles. The fourth-order valence-corrected chi connectivity index (χ4v) is 2.02. The Hall–Kier alpha value is -2.36. The average Bonchev–Trinajstić information content (AvgIpc) is 2.94. The van der Waals surface area contributed by atoms with Crippen LogP contribution < -0.4 is 0 Å². The highest BCUT2D eigenvalue weighted by Gasteiger charge is 2.32. The van der Waals surface area contributed by atoms with E-state index >= 15 is 0 Å². The number of benzene rings is 1. The lowest BCUT2D eigenvalue weighted by Crippen LogP contribution is -2.24. The maximum atomic E-state index is 11.8. The van der Waals surface area contributed by atoms with Crippen molar-refractivity contribution in [2.24, 2.45) is 0 Å². The molecule has 0 aliphatic carbocycles. The van der Waals surface area contributed by atoms with Gasteiger partial charge in [0.1, 0.15) is 0 Å². The molecule has 1 aliphatic rings. The molecule has 0 N–H and O–H groups in total. The van der Waals surface area contributed by atoms with Gasteiger partial charge >= 0.3 is 0 Å². The first-order valence-corrected chi connectivity index (χ1v) is 5.28. The van der Waals surface area contributed by atoms with Gasteiger partial charge in [-0.25, -0.2) is 0 Å². The Kier molecular flexibility index (Phi) is 1.92. The molecule has 0 atom stereocenters. The maximum Gasteiger partial charge on any atom is 0.261 e. The molecule has 1 aromatic carbocycles. The van der Waals surface area contributed by atoms with Gasteiger partial charge in [-0.3, -0.25) is 14.5 Å². The molecule has 1 aromatic heterocycles. The summed E-state index contributed by atoms with van der Waals surface area (Å²) >= 11 is 0. The summed E-state index contributed by atoms with van der Waals surface area (Å²) < 4.78 is 1.90. The summed E-state index contributed by atoms with van der Waals surface area (Å²) in [5.74, 6) is -0.469. The van der Waals surface area contributed by atoms with Gasteiger partial charge in [0, 0.05) is 25.1 Å². The number of imide groups is 1. The van der Waals surface area contributed by atoms with Crippen molar-refractivity contribution in [3.8, 4) is 5.69 Å². The quantitative estimate of drug-likeness (QED) is 0.694. The van der Waals surface area contributed by atoms with Crippen molar-refractivity contribution >= 4 is 11.8 Å². The summed E-state index contributed by atoms with van der Waals surface area (Å²) in [7, 11) is 1.50. The minimum Gasteiger partial charge on any atom is -0.324 e. The van der Waals surface area contributed by atoms with Crippen molar-refractivity contribution < 1.29 is 9.59 Å². The lowest BCUT2D eigenvalue weighted by Gasteiger charge is -2.04. The van der Waals surface area contributed by atoms with Gasteiger partial charge in [0.25, 0.3) is 11.8 Å². The minimum atomic E-state index is -0.237. The predicted molar refractivity (Wildman–Crippen MR) is 62.2 cm³/mol. The van der Waals surface area contributed by atoms with E-state index in [1.165, 1.54) is 7.05 Å². The van der Waals surface area contributed by atoms with E-state index in [0.717, 1.165) is 10.6 Å². The van der Waals surface area contributed by atoms with Crippen molar-refractivity contribution in [3.05, 3.63) is 53.9 Å². The highest BCUT2D eigenvalue weighted by Crippen LogP contribution is 2.24. The summed E-state index contributed by atoms with van der Waals surface area (Å²) in [6.45, 7) is 0. The van der Waals surface area contributed by atoms with Gasteiger partial charge in [-0.05, 0) is 30.3 Å². The maximum absolute atomic E-state index is 11.8. The fourth-order valence-electron chi connectivity index (χ4n) is 2.02. The Morgan fingerprint density at radius 2 is 1.59 bits per heavy atom. The average molecular weight is 226 g/mol. The Balaban J connectivity index is 2.16. The second-order valence-corrected chi connectivity index (χ2v) is 3.99. The number of rotatable bonds is 1. The highest BCUT2D eigenvalue weighted by molar-refractivity contribution is 6.21. The smallest absolute Gasteiger partial charge is 0.261 e. The van der Waals surface area contributed by atoms with E-state index in [2.05, 4.69) is 0 Å². The summed E-state index contributed by atoms with van der Waals surface area (Å²) in [6.07, 6.45) is 3.79. The van der Waals surface area contributed by atoms with Crippen molar-refractivity contribution in [2.75, 3.05) is 7.05 Å². The number of fused-ring (bicyclic) bond motifs is 1. The fraction of sp³-hybridized carbons (Fsp3) is 0.0769. The van der Waals surface area contributed by atoms with Crippen LogP contribution in [0.4, 0.5) is 0 Å². The molecule has 0 bridgehead atoms. The third kappa shape index (κ3) is 1.30. The second kappa shape index (κ2) is 3.31. The molecule has 0 fully saturated rings. The van der Waals surface area contributed by atoms with Crippen molar-refractivity contribution in [1.29, 1.82) is 0 Å². The molecule has 2 amide bonds. The minimum absolute atomic E-state index is 0.232. The van der Waals surface area contributed by atoms with E-state index in [-0.39, 0.29) is 11.8 Å². The molecule has 0 radical (unpaired) electrons. The first kappa shape index (κ1) is 9.84. The summed E-state index contributed by atoms with van der Waals surface area (Å²) in [5, 5.41) is 0. The van der Waals surface area contributed by atoms with Crippen molar-refractivity contribution in [1.82, 2.24) is 9.47 Å². The predicted octanol–water partition coefficient (Wildman–Crippen LogP) is 1.70. The zero-order valence-corrected chi connectivity index (χ0v) is 9.25. The molecule has 17 heavy (non-hydrogen) atoms. The molecule has 0 spiro atoms. The van der Waals surface area contributed by atoms with Crippen LogP contribution in [-0.4, -0.2) is 28.3 Å². The van der Waals surface area contributed by atoms with Gasteiger partial charge in [-0.15, -0.1) is 0 Å². The largest absolute Gasteiger partial charge is 0.324 e. The van der Waals surface area contributed by atoms with E-state index in [1.54, 1.807) is 12.1 Å². The third-order valence-electron chi connectivity index (χ3n) is 2.98. The number of hydrogen-bond acceptors (Lipinski definition) is 2. The Morgan fingerprint density at radius 3 is 2.29 bits per heavy atom. The van der Waals surface area contributed by atoms with Crippen molar-refractivity contribution in [2.45, 2.75) is 0 Å². The van der Waals surface area contributed by atoms with Gasteiger partial charge < -0.3 is 4.57 Å². The van der Waals surface area contributed by atoms with Crippen LogP contribution in [0.25, 0.3) is 5.69 Å². The van der Waals surface area contributed by atoms with Gasteiger partial charge in [-0.2, -0.15) is 0 Å². The molecule has 1 aliphatic heterocycles. The standard InChI is InChI=1S/C13H10N2O2/c1-14-12(16)10-5-4-9(8-11(10)13(14)17)15-6-2-3-7-15/h2-8H,1H3. The number of aromatic nitrogens is 1. The summed E-state index contributed by atoms with van der Waals surface area (Å²) in [4.78, 5) is 24.7. The molecule has 0 unspecified atom stereocenters. The number of carbonyl (C=O) groups is 2. The van der Waals surface area contributed by atoms with Crippen LogP contribution in [0.2, 0.25) is 0 Å². The number of amides is 2. The van der Waals surface area contributed by atoms with Gasteiger partial charge in [0.05, 0.1) is 11.1 Å². The molecule has 2 aromatic rings. The van der Waals surface area contributed by atoms with Gasteiger partial charge in [0.15, 0.2) is 0 Å². The first-order chi connectivity index (χ1) is 8.18. The van der Waals surface area contributed by atoms with Gasteiger partial charge in [0.2, 0.25) is 0 Å². The lowest BCUT2D eigenvalue weighted by atomic mass is 10.1. The molecular formula is C13H10N2O2. The molecule has 3 rings (SSSR count). The Labute approximate surface area is 98.1 Å². The SMILES string of the molecule is CN1C(=O)c2ccc(-n3cccc3)cc2C1=O. The molecule has 4 nitrogen and oxygen atoms in total. The summed E-state index contributed by atoms with van der Waals surface area (Å²) in [5.41, 5.74) is 1.84. The van der Waals surface area contributed by atoms with Crippen LogP contribution in [0.5, 0.6) is 0 Å². The van der Waals surface area contributed by atoms with Gasteiger partial charge in [-0.1, -0.05) is 0 Å². The zero-order valence-electron chi connectivity index (χ0n) is 9.25. The summed E-state index contributed by atoms with van der Waals surface area (Å²) in [6, 6.07) is 9.11. The van der Waals surface area contributed by atoms with Crippen LogP contribution in [0, 0.1) is 0 Å². The molecular weight excluding hydrogens is 216 g/mol. The number of carbonyl (C=O) groups excluding carboxylic acids is 2. The van der Waals surface area contributed by atoms with E-state index in [9.17, 15) is 9.59 Å². The van der Waals surface area contributed by atoms with Crippen LogP contribution in [0.1, 0.15) is 20.7 Å². The van der Waals surface area contributed by atoms with Crippen LogP contribution in [0.3, 0.4) is 0 Å². The normalized spacial score (nSPS) is 14.3. The highest BCUT2D eigenvalue weighted by atomic mass is 16.2. The second-order valence-electron chi connectivity index (χ2n) is 3.99.